The number of carbonyl (C=O) groups is 3. The molecule has 2 aliphatic heterocycles. The van der Waals surface area contributed by atoms with E-state index in [1.807, 2.05) is 0 Å². The number of nitrogens with zero attached hydrogens (tertiary/aromatic N) is 4. The Balaban J connectivity index is 1.72. The van der Waals surface area contributed by atoms with Gasteiger partial charge in [0.15, 0.2) is 0 Å². The molecule has 0 radical (unpaired) electrons. The van der Waals surface area contributed by atoms with Crippen molar-refractivity contribution in [1.82, 2.24) is 14.7 Å². The highest BCUT2D eigenvalue weighted by atomic mass is 32.2. The summed E-state index contributed by atoms with van der Waals surface area (Å²) in [5.74, 6) is -1.71. The lowest BCUT2D eigenvalue weighted by molar-refractivity contribution is -0.155. The molecule has 1 saturated heterocycles. The van der Waals surface area contributed by atoms with Gasteiger partial charge in [-0.15, -0.1) is 0 Å². The van der Waals surface area contributed by atoms with Crippen LogP contribution in [0, 0.1) is 0 Å². The molecule has 3 rings (SSSR count). The highest BCUT2D eigenvalue weighted by Gasteiger charge is 2.38. The number of hydrogen-bond donors (Lipinski definition) is 0. The van der Waals surface area contributed by atoms with Crippen LogP contribution in [-0.4, -0.2) is 101 Å². The van der Waals surface area contributed by atoms with Gasteiger partial charge in [0.1, 0.15) is 23.1 Å². The minimum atomic E-state index is -1.30. The largest absolute Gasteiger partial charge is 0.459 e. The van der Waals surface area contributed by atoms with Gasteiger partial charge in [-0.3, -0.25) is 28.5 Å². The van der Waals surface area contributed by atoms with Crippen molar-refractivity contribution in [2.45, 2.75) is 26.4 Å². The Labute approximate surface area is 191 Å². The maximum atomic E-state index is 12.9. The molecule has 2 amide bonds. The first-order valence-electron chi connectivity index (χ1n) is 10.7. The van der Waals surface area contributed by atoms with Gasteiger partial charge in [-0.1, -0.05) is 0 Å². The van der Waals surface area contributed by atoms with E-state index in [0.29, 0.717) is 12.2 Å². The summed E-state index contributed by atoms with van der Waals surface area (Å²) in [6.07, 6.45) is 1.60. The standard InChI is InChI=1S/C22H32N4O5S/c1-22(2,3)31-19(27)15-25-20(28)17-7-6-16(14-18(17)21(25)29)26(32(5)30)13-12-24-10-8-23(4)9-11-24/h6-7,14H,8-13,15H2,1-5H3. The summed E-state index contributed by atoms with van der Waals surface area (Å²) in [7, 11) is 0.798. The molecule has 0 bridgehead atoms. The minimum absolute atomic E-state index is 0.214. The number of fused-ring (bicyclic) bond motifs is 1. The summed E-state index contributed by atoms with van der Waals surface area (Å²) in [4.78, 5) is 43.2. The zero-order valence-corrected chi connectivity index (χ0v) is 20.2. The lowest BCUT2D eigenvalue weighted by atomic mass is 10.1. The Morgan fingerprint density at radius 3 is 2.31 bits per heavy atom. The van der Waals surface area contributed by atoms with E-state index < -0.39 is 40.9 Å². The average molecular weight is 465 g/mol. The number of piperazine rings is 1. The quantitative estimate of drug-likeness (QED) is 0.439. The van der Waals surface area contributed by atoms with Crippen LogP contribution >= 0.6 is 0 Å². The van der Waals surface area contributed by atoms with Crippen molar-refractivity contribution >= 4 is 34.5 Å². The Bertz CT molecular complexity index is 921. The van der Waals surface area contributed by atoms with Crippen LogP contribution in [-0.2, 0) is 20.5 Å². The summed E-state index contributed by atoms with van der Waals surface area (Å²) < 4.78 is 19.4. The number of carbonyl (C=O) groups excluding carboxylic acids is 3. The van der Waals surface area contributed by atoms with Crippen LogP contribution in [0.2, 0.25) is 0 Å². The first kappa shape index (κ1) is 24.3. The van der Waals surface area contributed by atoms with Crippen LogP contribution in [0.5, 0.6) is 0 Å². The molecule has 10 heteroatoms. The van der Waals surface area contributed by atoms with E-state index in [0.717, 1.165) is 37.6 Å². The van der Waals surface area contributed by atoms with E-state index in [4.69, 9.17) is 4.74 Å². The normalized spacial score (nSPS) is 18.6. The zero-order chi connectivity index (χ0) is 23.6. The number of anilines is 1. The third kappa shape index (κ3) is 5.73. The summed E-state index contributed by atoms with van der Waals surface area (Å²) in [5.41, 5.74) is 0.353. The Morgan fingerprint density at radius 1 is 1.09 bits per heavy atom. The smallest absolute Gasteiger partial charge is 0.326 e. The molecule has 1 aromatic carbocycles. The molecular formula is C22H32N4O5S. The van der Waals surface area contributed by atoms with Crippen LogP contribution < -0.4 is 4.31 Å². The zero-order valence-electron chi connectivity index (χ0n) is 19.4. The maximum Gasteiger partial charge on any atom is 0.326 e. The van der Waals surface area contributed by atoms with Gasteiger partial charge in [0.2, 0.25) is 0 Å². The summed E-state index contributed by atoms with van der Waals surface area (Å²) in [6, 6.07) is 4.86. The van der Waals surface area contributed by atoms with Gasteiger partial charge < -0.3 is 9.64 Å². The molecule has 1 atom stereocenters. The molecule has 2 heterocycles. The van der Waals surface area contributed by atoms with E-state index in [1.54, 1.807) is 49.5 Å². The van der Waals surface area contributed by atoms with Gasteiger partial charge in [-0.25, -0.2) is 4.21 Å². The molecule has 1 aromatic rings. The van der Waals surface area contributed by atoms with Gasteiger partial charge in [0, 0.05) is 45.5 Å². The highest BCUT2D eigenvalue weighted by molar-refractivity contribution is 7.85. The third-order valence-corrected chi connectivity index (χ3v) is 6.49. The van der Waals surface area contributed by atoms with Crippen LogP contribution in [0.15, 0.2) is 18.2 Å². The van der Waals surface area contributed by atoms with Crippen LogP contribution in [0.1, 0.15) is 41.5 Å². The number of ether oxygens (including phenoxy) is 1. The fourth-order valence-corrected chi connectivity index (χ4v) is 4.54. The number of benzene rings is 1. The van der Waals surface area contributed by atoms with Crippen molar-refractivity contribution in [2.24, 2.45) is 0 Å². The van der Waals surface area contributed by atoms with Crippen molar-refractivity contribution in [2.75, 3.05) is 63.4 Å². The van der Waals surface area contributed by atoms with Crippen molar-refractivity contribution in [3.05, 3.63) is 29.3 Å². The third-order valence-electron chi connectivity index (χ3n) is 5.48. The van der Waals surface area contributed by atoms with Crippen LogP contribution in [0.25, 0.3) is 0 Å². The molecular weight excluding hydrogens is 432 g/mol. The summed E-state index contributed by atoms with van der Waals surface area (Å²) in [6.45, 7) is 9.93. The molecule has 0 saturated carbocycles. The predicted octanol–water partition coefficient (Wildman–Crippen LogP) is 0.972. The number of imide groups is 1. The number of likely N-dealkylation sites (N-methyl/N-ethyl adjacent to an activating group) is 1. The predicted molar refractivity (Wildman–Crippen MR) is 123 cm³/mol. The second kappa shape index (κ2) is 9.68. The Kier molecular flexibility index (Phi) is 7.36. The number of hydrogen-bond acceptors (Lipinski definition) is 7. The van der Waals surface area contributed by atoms with Crippen molar-refractivity contribution < 1.29 is 23.3 Å². The van der Waals surface area contributed by atoms with E-state index in [9.17, 15) is 18.6 Å². The first-order valence-corrected chi connectivity index (χ1v) is 12.2. The lowest BCUT2D eigenvalue weighted by Gasteiger charge is -2.33. The minimum Gasteiger partial charge on any atom is -0.459 e. The molecule has 2 aliphatic rings. The topological polar surface area (TPSA) is 90.5 Å². The van der Waals surface area contributed by atoms with Crippen LogP contribution in [0.4, 0.5) is 5.69 Å². The molecule has 176 valence electrons. The van der Waals surface area contributed by atoms with E-state index in [-0.39, 0.29) is 11.1 Å². The molecule has 1 unspecified atom stereocenters. The fraction of sp³-hybridized carbons (Fsp3) is 0.591. The first-order chi connectivity index (χ1) is 15.0. The van der Waals surface area contributed by atoms with Gasteiger partial charge in [-0.2, -0.15) is 0 Å². The molecule has 0 N–H and O–H groups in total. The Hall–Kier alpha value is -2.30. The van der Waals surface area contributed by atoms with Crippen molar-refractivity contribution in [3.8, 4) is 0 Å². The number of rotatable bonds is 7. The molecule has 1 fully saturated rings. The van der Waals surface area contributed by atoms with E-state index in [1.165, 1.54) is 0 Å². The Morgan fingerprint density at radius 2 is 1.72 bits per heavy atom. The molecule has 9 nitrogen and oxygen atoms in total. The van der Waals surface area contributed by atoms with Crippen LogP contribution in [0.3, 0.4) is 0 Å². The van der Waals surface area contributed by atoms with Gasteiger partial charge >= 0.3 is 5.97 Å². The van der Waals surface area contributed by atoms with Gasteiger partial charge in [0.05, 0.1) is 16.8 Å². The lowest BCUT2D eigenvalue weighted by Crippen LogP contribution is -2.47. The highest BCUT2D eigenvalue weighted by Crippen LogP contribution is 2.28. The number of esters is 1. The van der Waals surface area contributed by atoms with Crippen molar-refractivity contribution in [1.29, 1.82) is 0 Å². The van der Waals surface area contributed by atoms with Crippen molar-refractivity contribution in [3.63, 3.8) is 0 Å². The molecule has 0 spiro atoms. The summed E-state index contributed by atoms with van der Waals surface area (Å²) in [5, 5.41) is 0. The second-order valence-corrected chi connectivity index (χ2v) is 10.5. The monoisotopic (exact) mass is 464 g/mol. The fourth-order valence-electron chi connectivity index (χ4n) is 3.79. The van der Waals surface area contributed by atoms with E-state index in [2.05, 4.69) is 16.8 Å². The molecule has 0 aliphatic carbocycles. The molecule has 32 heavy (non-hydrogen) atoms. The summed E-state index contributed by atoms with van der Waals surface area (Å²) >= 11 is 0. The average Bonchev–Trinajstić information content (AvgIpc) is 2.92. The number of amides is 2. The van der Waals surface area contributed by atoms with Gasteiger partial charge in [0.25, 0.3) is 11.8 Å². The maximum absolute atomic E-state index is 12.9. The SMILES string of the molecule is CN1CCN(CCN(c2ccc3c(c2)C(=O)N(CC(=O)OC(C)(C)C)C3=O)S(C)=O)CC1. The molecule has 0 aromatic heterocycles. The van der Waals surface area contributed by atoms with Gasteiger partial charge in [-0.05, 0) is 46.0 Å². The van der Waals surface area contributed by atoms with E-state index >= 15 is 0 Å². The second-order valence-electron chi connectivity index (χ2n) is 9.18.